The van der Waals surface area contributed by atoms with E-state index in [0.717, 1.165) is 16.7 Å². The number of aromatic nitrogens is 3. The Bertz CT molecular complexity index is 622. The number of pyridine rings is 1. The third-order valence-corrected chi connectivity index (χ3v) is 3.44. The van der Waals surface area contributed by atoms with Crippen LogP contribution in [-0.2, 0) is 16.6 Å². The Morgan fingerprint density at radius 3 is 3.16 bits per heavy atom. The van der Waals surface area contributed by atoms with Crippen LogP contribution < -0.4 is 0 Å². The minimum Gasteiger partial charge on any atom is -0.368 e. The van der Waals surface area contributed by atoms with Crippen LogP contribution in [0.2, 0.25) is 0 Å². The molecule has 1 fully saturated rings. The van der Waals surface area contributed by atoms with Crippen molar-refractivity contribution in [3.63, 3.8) is 0 Å². The zero-order valence-corrected chi connectivity index (χ0v) is 11.0. The summed E-state index contributed by atoms with van der Waals surface area (Å²) in [6.45, 7) is 3.33. The van der Waals surface area contributed by atoms with Crippen molar-refractivity contribution in [3.05, 3.63) is 24.0 Å². The fourth-order valence-corrected chi connectivity index (χ4v) is 2.46. The smallest absolute Gasteiger partial charge is 0.219 e. The van der Waals surface area contributed by atoms with Gasteiger partial charge in [0.25, 0.3) is 0 Å². The molecule has 0 N–H and O–H groups in total. The van der Waals surface area contributed by atoms with Gasteiger partial charge in [-0.25, -0.2) is 4.98 Å². The van der Waals surface area contributed by atoms with Gasteiger partial charge in [-0.05, 0) is 12.1 Å². The van der Waals surface area contributed by atoms with E-state index in [4.69, 9.17) is 4.74 Å². The first-order valence-corrected chi connectivity index (χ1v) is 6.31. The molecule has 0 spiro atoms. The zero-order valence-electron chi connectivity index (χ0n) is 11.0. The molecule has 19 heavy (non-hydrogen) atoms. The number of carbonyl (C=O) groups is 1. The number of aryl methyl sites for hydroxylation is 1. The van der Waals surface area contributed by atoms with Gasteiger partial charge >= 0.3 is 0 Å². The SMILES string of the molecule is CC(=O)N1CCO[C@H](c2nn(C)c3ncccc23)C1. The second-order valence-electron chi connectivity index (χ2n) is 4.71. The summed E-state index contributed by atoms with van der Waals surface area (Å²) in [5, 5.41) is 5.48. The second-order valence-corrected chi connectivity index (χ2v) is 4.71. The van der Waals surface area contributed by atoms with Gasteiger partial charge in [-0.3, -0.25) is 9.48 Å². The van der Waals surface area contributed by atoms with Crippen molar-refractivity contribution in [2.24, 2.45) is 7.05 Å². The molecular formula is C13H16N4O2. The third kappa shape index (κ3) is 2.08. The average molecular weight is 260 g/mol. The predicted molar refractivity (Wildman–Crippen MR) is 69.5 cm³/mol. The lowest BCUT2D eigenvalue weighted by Crippen LogP contribution is -2.41. The fourth-order valence-electron chi connectivity index (χ4n) is 2.46. The first kappa shape index (κ1) is 12.1. The van der Waals surface area contributed by atoms with Crippen molar-refractivity contribution in [1.82, 2.24) is 19.7 Å². The van der Waals surface area contributed by atoms with Gasteiger partial charge in [-0.2, -0.15) is 5.10 Å². The van der Waals surface area contributed by atoms with E-state index in [1.54, 1.807) is 22.7 Å². The Morgan fingerprint density at radius 2 is 2.37 bits per heavy atom. The molecule has 6 heteroatoms. The highest BCUT2D eigenvalue weighted by Gasteiger charge is 2.27. The van der Waals surface area contributed by atoms with Crippen molar-refractivity contribution in [2.75, 3.05) is 19.7 Å². The molecule has 2 aromatic heterocycles. The maximum Gasteiger partial charge on any atom is 0.219 e. The van der Waals surface area contributed by atoms with Gasteiger partial charge in [-0.15, -0.1) is 0 Å². The molecule has 6 nitrogen and oxygen atoms in total. The highest BCUT2D eigenvalue weighted by Crippen LogP contribution is 2.27. The van der Waals surface area contributed by atoms with E-state index >= 15 is 0 Å². The van der Waals surface area contributed by atoms with Crippen molar-refractivity contribution in [1.29, 1.82) is 0 Å². The van der Waals surface area contributed by atoms with E-state index in [2.05, 4.69) is 10.1 Å². The molecule has 3 rings (SSSR count). The Kier molecular flexibility index (Phi) is 2.94. The van der Waals surface area contributed by atoms with Crippen LogP contribution in [0.1, 0.15) is 18.7 Å². The third-order valence-electron chi connectivity index (χ3n) is 3.44. The number of morpholine rings is 1. The van der Waals surface area contributed by atoms with Gasteiger partial charge < -0.3 is 9.64 Å². The number of hydrogen-bond donors (Lipinski definition) is 0. The molecule has 0 bridgehead atoms. The van der Waals surface area contributed by atoms with Crippen LogP contribution in [0.3, 0.4) is 0 Å². The lowest BCUT2D eigenvalue weighted by atomic mass is 10.1. The highest BCUT2D eigenvalue weighted by molar-refractivity contribution is 5.79. The predicted octanol–water partition coefficient (Wildman–Crippen LogP) is 0.888. The van der Waals surface area contributed by atoms with Crippen molar-refractivity contribution >= 4 is 16.9 Å². The molecule has 0 saturated carbocycles. The first-order valence-electron chi connectivity index (χ1n) is 6.31. The molecule has 0 unspecified atom stereocenters. The molecule has 2 aromatic rings. The van der Waals surface area contributed by atoms with Crippen LogP contribution >= 0.6 is 0 Å². The summed E-state index contributed by atoms with van der Waals surface area (Å²) in [5.74, 6) is 0.0756. The van der Waals surface area contributed by atoms with Crippen molar-refractivity contribution in [3.8, 4) is 0 Å². The summed E-state index contributed by atoms with van der Waals surface area (Å²) in [6, 6.07) is 3.87. The molecule has 0 aliphatic carbocycles. The molecule has 1 atom stereocenters. The quantitative estimate of drug-likeness (QED) is 0.764. The minimum absolute atomic E-state index is 0.0756. The number of carbonyl (C=O) groups excluding carboxylic acids is 1. The Hall–Kier alpha value is -1.95. The monoisotopic (exact) mass is 260 g/mol. The van der Waals surface area contributed by atoms with E-state index in [0.29, 0.717) is 19.7 Å². The molecule has 3 heterocycles. The van der Waals surface area contributed by atoms with Gasteiger partial charge in [0.15, 0.2) is 5.65 Å². The molecule has 1 saturated heterocycles. The number of fused-ring (bicyclic) bond motifs is 1. The number of nitrogens with zero attached hydrogens (tertiary/aromatic N) is 4. The average Bonchev–Trinajstić information content (AvgIpc) is 2.77. The summed E-state index contributed by atoms with van der Waals surface area (Å²) in [4.78, 5) is 17.6. The van der Waals surface area contributed by atoms with E-state index in [1.165, 1.54) is 0 Å². The fraction of sp³-hybridized carbons (Fsp3) is 0.462. The molecule has 100 valence electrons. The van der Waals surface area contributed by atoms with Gasteiger partial charge in [-0.1, -0.05) is 0 Å². The summed E-state index contributed by atoms with van der Waals surface area (Å²) in [5.41, 5.74) is 1.69. The summed E-state index contributed by atoms with van der Waals surface area (Å²) in [7, 11) is 1.87. The molecule has 1 amide bonds. The zero-order chi connectivity index (χ0) is 13.4. The molecule has 1 aliphatic heterocycles. The van der Waals surface area contributed by atoms with Crippen LogP contribution in [-0.4, -0.2) is 45.3 Å². The topological polar surface area (TPSA) is 60.3 Å². The Morgan fingerprint density at radius 1 is 1.53 bits per heavy atom. The van der Waals surface area contributed by atoms with Crippen molar-refractivity contribution < 1.29 is 9.53 Å². The summed E-state index contributed by atoms with van der Waals surface area (Å²) < 4.78 is 7.52. The van der Waals surface area contributed by atoms with Crippen LogP contribution in [0.25, 0.3) is 11.0 Å². The number of amides is 1. The first-order chi connectivity index (χ1) is 9.16. The van der Waals surface area contributed by atoms with E-state index in [1.807, 2.05) is 19.2 Å². The van der Waals surface area contributed by atoms with Gasteiger partial charge in [0, 0.05) is 32.1 Å². The van der Waals surface area contributed by atoms with E-state index < -0.39 is 0 Å². The van der Waals surface area contributed by atoms with Crippen LogP contribution in [0.4, 0.5) is 0 Å². The molecule has 0 aromatic carbocycles. The maximum atomic E-state index is 11.5. The van der Waals surface area contributed by atoms with Crippen LogP contribution in [0.5, 0.6) is 0 Å². The molecular weight excluding hydrogens is 244 g/mol. The van der Waals surface area contributed by atoms with E-state index in [9.17, 15) is 4.79 Å². The van der Waals surface area contributed by atoms with Gasteiger partial charge in [0.1, 0.15) is 11.8 Å². The maximum absolute atomic E-state index is 11.5. The lowest BCUT2D eigenvalue weighted by molar-refractivity contribution is -0.136. The normalized spacial score (nSPS) is 19.9. The number of rotatable bonds is 1. The van der Waals surface area contributed by atoms with Gasteiger partial charge in [0.05, 0.1) is 13.2 Å². The number of ether oxygens (including phenoxy) is 1. The van der Waals surface area contributed by atoms with Crippen LogP contribution in [0, 0.1) is 0 Å². The highest BCUT2D eigenvalue weighted by atomic mass is 16.5. The molecule has 1 aliphatic rings. The minimum atomic E-state index is -0.175. The standard InChI is InChI=1S/C13H16N4O2/c1-9(18)17-6-7-19-11(8-17)12-10-4-3-5-14-13(10)16(2)15-12/h3-5,11H,6-8H2,1-2H3/t11-/m0/s1. The van der Waals surface area contributed by atoms with Crippen LogP contribution in [0.15, 0.2) is 18.3 Å². The Labute approximate surface area is 111 Å². The Balaban J connectivity index is 1.98. The lowest BCUT2D eigenvalue weighted by Gasteiger charge is -2.31. The number of hydrogen-bond acceptors (Lipinski definition) is 4. The summed E-state index contributed by atoms with van der Waals surface area (Å²) in [6.07, 6.45) is 1.57. The second kappa shape index (κ2) is 4.62. The van der Waals surface area contributed by atoms with E-state index in [-0.39, 0.29) is 12.0 Å². The van der Waals surface area contributed by atoms with Gasteiger partial charge in [0.2, 0.25) is 5.91 Å². The largest absolute Gasteiger partial charge is 0.368 e. The van der Waals surface area contributed by atoms with Crippen molar-refractivity contribution in [2.45, 2.75) is 13.0 Å². The molecule has 0 radical (unpaired) electrons. The summed E-state index contributed by atoms with van der Waals surface area (Å²) >= 11 is 0.